The summed E-state index contributed by atoms with van der Waals surface area (Å²) in [5.74, 6) is 0.705. The summed E-state index contributed by atoms with van der Waals surface area (Å²) in [6.07, 6.45) is 1.12. The van der Waals surface area contributed by atoms with Gasteiger partial charge in [0.15, 0.2) is 0 Å². The minimum atomic E-state index is 0.0629. The van der Waals surface area contributed by atoms with Gasteiger partial charge < -0.3 is 5.32 Å². The lowest BCUT2D eigenvalue weighted by molar-refractivity contribution is 0.0949. The fourth-order valence-electron chi connectivity index (χ4n) is 2.42. The molecule has 1 aromatic rings. The van der Waals surface area contributed by atoms with Crippen molar-refractivity contribution in [2.75, 3.05) is 0 Å². The third kappa shape index (κ3) is 2.74. The summed E-state index contributed by atoms with van der Waals surface area (Å²) >= 11 is 0. The Bertz CT molecular complexity index is 470. The van der Waals surface area contributed by atoms with E-state index >= 15 is 0 Å². The van der Waals surface area contributed by atoms with Crippen LogP contribution in [0.1, 0.15) is 55.6 Å². The van der Waals surface area contributed by atoms with E-state index in [1.807, 2.05) is 12.1 Å². The first kappa shape index (κ1) is 13.1. The van der Waals surface area contributed by atoms with Crippen molar-refractivity contribution >= 4 is 5.91 Å². The van der Waals surface area contributed by atoms with Crippen LogP contribution in [0.25, 0.3) is 0 Å². The molecule has 0 heterocycles. The number of amides is 1. The Labute approximate surface area is 110 Å². The first-order valence-electron chi connectivity index (χ1n) is 6.71. The summed E-state index contributed by atoms with van der Waals surface area (Å²) in [5, 5.41) is 3.07. The van der Waals surface area contributed by atoms with Gasteiger partial charge in [-0.2, -0.15) is 0 Å². The van der Waals surface area contributed by atoms with Crippen LogP contribution in [-0.4, -0.2) is 11.9 Å². The van der Waals surface area contributed by atoms with E-state index in [2.05, 4.69) is 46.0 Å². The summed E-state index contributed by atoms with van der Waals surface area (Å²) in [6.45, 7) is 10.8. The van der Waals surface area contributed by atoms with Crippen molar-refractivity contribution in [1.82, 2.24) is 5.32 Å². The maximum Gasteiger partial charge on any atom is 0.251 e. The Morgan fingerprint density at radius 1 is 1.33 bits per heavy atom. The highest BCUT2D eigenvalue weighted by Crippen LogP contribution is 2.30. The van der Waals surface area contributed by atoms with Gasteiger partial charge >= 0.3 is 0 Å². The van der Waals surface area contributed by atoms with Gasteiger partial charge in [-0.05, 0) is 47.9 Å². The summed E-state index contributed by atoms with van der Waals surface area (Å²) < 4.78 is 0. The summed E-state index contributed by atoms with van der Waals surface area (Å²) in [7, 11) is 0. The molecule has 2 heteroatoms. The zero-order valence-electron chi connectivity index (χ0n) is 12.0. The predicted molar refractivity (Wildman–Crippen MR) is 74.9 cm³/mol. The molecular formula is C16H23NO. The van der Waals surface area contributed by atoms with Gasteiger partial charge in [-0.1, -0.05) is 33.8 Å². The van der Waals surface area contributed by atoms with Gasteiger partial charge in [-0.15, -0.1) is 0 Å². The molecule has 0 radical (unpaired) electrons. The number of hydrogen-bond donors (Lipinski definition) is 1. The number of carbonyl (C=O) groups is 1. The Morgan fingerprint density at radius 3 is 2.39 bits per heavy atom. The molecule has 0 aliphatic heterocycles. The van der Waals surface area contributed by atoms with E-state index in [1.54, 1.807) is 0 Å². The van der Waals surface area contributed by atoms with Gasteiger partial charge in [-0.3, -0.25) is 4.79 Å². The molecule has 98 valence electrons. The third-order valence-corrected chi connectivity index (χ3v) is 3.72. The zero-order valence-corrected chi connectivity index (χ0v) is 12.0. The average Bonchev–Trinajstić information content (AvgIpc) is 2.92. The van der Waals surface area contributed by atoms with E-state index in [0.717, 1.165) is 12.0 Å². The lowest BCUT2D eigenvalue weighted by atomic mass is 9.83. The van der Waals surface area contributed by atoms with Gasteiger partial charge in [-0.25, -0.2) is 0 Å². The van der Waals surface area contributed by atoms with Gasteiger partial charge in [0.05, 0.1) is 0 Å². The molecular weight excluding hydrogens is 222 g/mol. The molecule has 18 heavy (non-hydrogen) atoms. The minimum absolute atomic E-state index is 0.0629. The Kier molecular flexibility index (Phi) is 3.22. The predicted octanol–water partition coefficient (Wildman–Crippen LogP) is 3.43. The van der Waals surface area contributed by atoms with Crippen LogP contribution in [0.3, 0.4) is 0 Å². The van der Waals surface area contributed by atoms with E-state index < -0.39 is 0 Å². The van der Waals surface area contributed by atoms with Crippen molar-refractivity contribution in [2.24, 2.45) is 5.92 Å². The number of nitrogens with one attached hydrogen (secondary N) is 1. The molecule has 2 rings (SSSR count). The van der Waals surface area contributed by atoms with Crippen molar-refractivity contribution in [3.8, 4) is 0 Å². The molecule has 1 fully saturated rings. The van der Waals surface area contributed by atoms with E-state index in [9.17, 15) is 4.79 Å². The monoisotopic (exact) mass is 245 g/mol. The fraction of sp³-hybridized carbons (Fsp3) is 0.562. The molecule has 1 aromatic carbocycles. The Morgan fingerprint density at radius 2 is 1.94 bits per heavy atom. The summed E-state index contributed by atoms with van der Waals surface area (Å²) in [5.41, 5.74) is 3.40. The van der Waals surface area contributed by atoms with Crippen molar-refractivity contribution in [3.63, 3.8) is 0 Å². The second-order valence-corrected chi connectivity index (χ2v) is 6.57. The molecule has 1 aliphatic carbocycles. The van der Waals surface area contributed by atoms with Crippen molar-refractivity contribution in [2.45, 2.75) is 52.5 Å². The maximum absolute atomic E-state index is 12.0. The van der Waals surface area contributed by atoms with Crippen LogP contribution in [0.5, 0.6) is 0 Å². The number of benzene rings is 1. The van der Waals surface area contributed by atoms with E-state index in [0.29, 0.717) is 12.0 Å². The first-order valence-corrected chi connectivity index (χ1v) is 6.71. The highest BCUT2D eigenvalue weighted by atomic mass is 16.1. The molecule has 1 N–H and O–H groups in total. The third-order valence-electron chi connectivity index (χ3n) is 3.72. The number of carbonyl (C=O) groups excluding carboxylic acids is 1. The van der Waals surface area contributed by atoms with Crippen LogP contribution in [-0.2, 0) is 5.41 Å². The quantitative estimate of drug-likeness (QED) is 0.849. The maximum atomic E-state index is 12.0. The van der Waals surface area contributed by atoms with Crippen molar-refractivity contribution in [1.29, 1.82) is 0 Å². The van der Waals surface area contributed by atoms with Crippen LogP contribution in [0.15, 0.2) is 18.2 Å². The minimum Gasteiger partial charge on any atom is -0.349 e. The van der Waals surface area contributed by atoms with Crippen molar-refractivity contribution in [3.05, 3.63) is 34.9 Å². The molecule has 1 amide bonds. The number of hydrogen-bond acceptors (Lipinski definition) is 1. The standard InChI is InChI=1S/C16H23NO/c1-10-8-12(6-7-13(10)16(3,4)5)15(18)17-14-9-11(14)2/h6-8,11,14H,9H2,1-5H3,(H,17,18)/t11-,14+/m0/s1. The normalized spacial score (nSPS) is 22.7. The molecule has 0 unspecified atom stereocenters. The summed E-state index contributed by atoms with van der Waals surface area (Å²) in [6, 6.07) is 6.42. The molecule has 2 nitrogen and oxygen atoms in total. The molecule has 0 aromatic heterocycles. The van der Waals surface area contributed by atoms with Crippen LogP contribution >= 0.6 is 0 Å². The highest BCUT2D eigenvalue weighted by molar-refractivity contribution is 5.94. The molecule has 1 aliphatic rings. The van der Waals surface area contributed by atoms with Gasteiger partial charge in [0.2, 0.25) is 0 Å². The second kappa shape index (κ2) is 4.42. The molecule has 0 bridgehead atoms. The lowest BCUT2D eigenvalue weighted by Gasteiger charge is -2.22. The van der Waals surface area contributed by atoms with Crippen molar-refractivity contribution < 1.29 is 4.79 Å². The van der Waals surface area contributed by atoms with E-state index in [-0.39, 0.29) is 11.3 Å². The van der Waals surface area contributed by atoms with Crippen LogP contribution in [0.2, 0.25) is 0 Å². The highest BCUT2D eigenvalue weighted by Gasteiger charge is 2.34. The molecule has 0 saturated heterocycles. The van der Waals surface area contributed by atoms with E-state index in [1.165, 1.54) is 11.1 Å². The van der Waals surface area contributed by atoms with Gasteiger partial charge in [0.1, 0.15) is 0 Å². The molecule has 1 saturated carbocycles. The lowest BCUT2D eigenvalue weighted by Crippen LogP contribution is -2.26. The van der Waals surface area contributed by atoms with Crippen LogP contribution < -0.4 is 5.32 Å². The Hall–Kier alpha value is -1.31. The van der Waals surface area contributed by atoms with Crippen LogP contribution in [0, 0.1) is 12.8 Å². The van der Waals surface area contributed by atoms with Crippen LogP contribution in [0.4, 0.5) is 0 Å². The largest absolute Gasteiger partial charge is 0.349 e. The average molecular weight is 245 g/mol. The van der Waals surface area contributed by atoms with E-state index in [4.69, 9.17) is 0 Å². The molecule has 2 atom stereocenters. The topological polar surface area (TPSA) is 29.1 Å². The fourth-order valence-corrected chi connectivity index (χ4v) is 2.42. The van der Waals surface area contributed by atoms with Gasteiger partial charge in [0, 0.05) is 11.6 Å². The Balaban J connectivity index is 2.15. The second-order valence-electron chi connectivity index (χ2n) is 6.57. The van der Waals surface area contributed by atoms with Gasteiger partial charge in [0.25, 0.3) is 5.91 Å². The number of rotatable bonds is 2. The smallest absolute Gasteiger partial charge is 0.251 e. The summed E-state index contributed by atoms with van der Waals surface area (Å²) in [4.78, 5) is 12.0. The SMILES string of the molecule is Cc1cc(C(=O)N[C@@H]2C[C@@H]2C)ccc1C(C)(C)C. The number of aryl methyl sites for hydroxylation is 1. The first-order chi connectivity index (χ1) is 8.29. The zero-order chi connectivity index (χ0) is 13.5. The molecule has 0 spiro atoms.